The van der Waals surface area contributed by atoms with Gasteiger partial charge in [-0.15, -0.1) is 0 Å². The van der Waals surface area contributed by atoms with Crippen LogP contribution in [0.3, 0.4) is 0 Å². The number of aliphatic hydroxyl groups excluding tert-OH is 1. The summed E-state index contributed by atoms with van der Waals surface area (Å²) in [5.74, 6) is -1.21. The number of nitro groups is 3. The number of rotatable bonds is 4. The number of pyridine rings is 1. The van der Waals surface area contributed by atoms with E-state index in [-0.39, 0.29) is 6.61 Å². The van der Waals surface area contributed by atoms with Crippen LogP contribution in [0.1, 0.15) is 5.56 Å². The summed E-state index contributed by atoms with van der Waals surface area (Å²) in [4.78, 5) is 31.6. The van der Waals surface area contributed by atoms with Crippen molar-refractivity contribution in [2.45, 2.75) is 6.61 Å². The van der Waals surface area contributed by atoms with Crippen molar-refractivity contribution in [2.75, 3.05) is 0 Å². The predicted molar refractivity (Wildman–Crippen MR) is 78.2 cm³/mol. The Labute approximate surface area is 133 Å². The van der Waals surface area contributed by atoms with Crippen LogP contribution in [0.2, 0.25) is 0 Å². The molecule has 24 heavy (non-hydrogen) atoms. The van der Waals surface area contributed by atoms with Crippen molar-refractivity contribution < 1.29 is 25.0 Å². The molecule has 1 aromatic carbocycles. The van der Waals surface area contributed by atoms with Crippen LogP contribution in [-0.2, 0) is 6.61 Å². The molecule has 1 aromatic heterocycles. The highest BCUT2D eigenvalue weighted by molar-refractivity contribution is 5.64. The molecule has 2 aromatic rings. The van der Waals surface area contributed by atoms with Crippen molar-refractivity contribution in [3.05, 3.63) is 72.6 Å². The summed E-state index contributed by atoms with van der Waals surface area (Å²) in [5.41, 5.74) is -2.10. The number of aromatic hydroxyl groups is 1. The van der Waals surface area contributed by atoms with Gasteiger partial charge in [0.05, 0.1) is 33.5 Å². The lowest BCUT2D eigenvalue weighted by molar-refractivity contribution is -0.404. The second-order valence-electron chi connectivity index (χ2n) is 4.12. The third-order valence-electron chi connectivity index (χ3n) is 2.59. The number of nitrogens with zero attached hydrogens (tertiary/aromatic N) is 4. The molecule has 0 aliphatic rings. The summed E-state index contributed by atoms with van der Waals surface area (Å²) in [5, 5.41) is 48.7. The zero-order chi connectivity index (χ0) is 18.3. The van der Waals surface area contributed by atoms with Gasteiger partial charge in [0.2, 0.25) is 0 Å². The van der Waals surface area contributed by atoms with Crippen molar-refractivity contribution in [1.29, 1.82) is 0 Å². The summed E-state index contributed by atoms with van der Waals surface area (Å²) in [6.45, 7) is 0.0997. The minimum atomic E-state index is -1.21. The molecule has 0 unspecified atom stereocenters. The molecule has 0 amide bonds. The van der Waals surface area contributed by atoms with E-state index < -0.39 is 37.6 Å². The molecule has 2 N–H and O–H groups in total. The monoisotopic (exact) mass is 338 g/mol. The van der Waals surface area contributed by atoms with Crippen LogP contribution in [0, 0.1) is 30.3 Å². The number of nitro benzene ring substituents is 3. The smallest absolute Gasteiger partial charge is 0.324 e. The van der Waals surface area contributed by atoms with Gasteiger partial charge in [-0.2, -0.15) is 0 Å². The van der Waals surface area contributed by atoms with E-state index in [0.717, 1.165) is 5.56 Å². The van der Waals surface area contributed by atoms with Gasteiger partial charge in [0.25, 0.3) is 11.4 Å². The third kappa shape index (κ3) is 4.67. The van der Waals surface area contributed by atoms with Crippen molar-refractivity contribution in [1.82, 2.24) is 4.98 Å². The third-order valence-corrected chi connectivity index (χ3v) is 2.59. The van der Waals surface area contributed by atoms with Crippen molar-refractivity contribution in [3.8, 4) is 5.75 Å². The molecule has 126 valence electrons. The maximum atomic E-state index is 10.4. The average Bonchev–Trinajstić information content (AvgIpc) is 2.55. The summed E-state index contributed by atoms with van der Waals surface area (Å²) in [6, 6.07) is 4.45. The lowest BCUT2D eigenvalue weighted by atomic mass is 10.2. The minimum absolute atomic E-state index is 0.0997. The standard InChI is InChI=1S/C6H3N3O7.C6H7NO/c10-6-4(8(13)14)1-3(7(11)12)2-5(6)9(15)16;8-5-6-1-3-7-4-2-6/h1-2,10H;1-4,8H,5H2. The van der Waals surface area contributed by atoms with E-state index in [1.807, 2.05) is 0 Å². The van der Waals surface area contributed by atoms with E-state index >= 15 is 0 Å². The fourth-order valence-electron chi connectivity index (χ4n) is 1.46. The van der Waals surface area contributed by atoms with Gasteiger partial charge in [0.15, 0.2) is 0 Å². The molecular formula is C12H10N4O8. The van der Waals surface area contributed by atoms with Crippen LogP contribution in [0.25, 0.3) is 0 Å². The van der Waals surface area contributed by atoms with E-state index in [1.165, 1.54) is 0 Å². The second kappa shape index (κ2) is 8.09. The molecule has 0 saturated heterocycles. The Morgan fingerprint density at radius 2 is 1.38 bits per heavy atom. The molecule has 0 saturated carbocycles. The van der Waals surface area contributed by atoms with Gasteiger partial charge in [-0.05, 0) is 17.7 Å². The number of aliphatic hydroxyl groups is 1. The van der Waals surface area contributed by atoms with E-state index in [4.69, 9.17) is 10.2 Å². The molecule has 0 aliphatic heterocycles. The topological polar surface area (TPSA) is 183 Å². The lowest BCUT2D eigenvalue weighted by Crippen LogP contribution is -1.97. The zero-order valence-corrected chi connectivity index (χ0v) is 11.8. The Hall–Kier alpha value is -3.67. The fraction of sp³-hybridized carbons (Fsp3) is 0.0833. The number of aromatic nitrogens is 1. The molecule has 0 radical (unpaired) electrons. The second-order valence-corrected chi connectivity index (χ2v) is 4.12. The lowest BCUT2D eigenvalue weighted by Gasteiger charge is -1.97. The van der Waals surface area contributed by atoms with Crippen LogP contribution in [0.15, 0.2) is 36.7 Å². The van der Waals surface area contributed by atoms with E-state index in [2.05, 4.69) is 4.98 Å². The molecule has 2 rings (SSSR count). The number of phenolic OH excluding ortho intramolecular Hbond substituents is 1. The quantitative estimate of drug-likeness (QED) is 0.618. The van der Waals surface area contributed by atoms with Crippen molar-refractivity contribution >= 4 is 17.1 Å². The summed E-state index contributed by atoms with van der Waals surface area (Å²) in [7, 11) is 0. The normalized spacial score (nSPS) is 9.54. The largest absolute Gasteiger partial charge is 0.497 e. The van der Waals surface area contributed by atoms with Crippen LogP contribution >= 0.6 is 0 Å². The number of benzene rings is 1. The SMILES string of the molecule is O=[N+]([O-])c1cc([N+](=O)[O-])c(O)c([N+](=O)[O-])c1.OCc1ccncc1. The highest BCUT2D eigenvalue weighted by Crippen LogP contribution is 2.38. The first-order chi connectivity index (χ1) is 11.3. The summed E-state index contributed by atoms with van der Waals surface area (Å²) in [6.07, 6.45) is 3.32. The molecule has 1 heterocycles. The van der Waals surface area contributed by atoms with Crippen molar-refractivity contribution in [3.63, 3.8) is 0 Å². The van der Waals surface area contributed by atoms with Crippen molar-refractivity contribution in [2.24, 2.45) is 0 Å². The molecule has 0 bridgehead atoms. The highest BCUT2D eigenvalue weighted by Gasteiger charge is 2.30. The molecular weight excluding hydrogens is 328 g/mol. The van der Waals surface area contributed by atoms with Crippen LogP contribution in [-0.4, -0.2) is 30.0 Å². The number of phenols is 1. The molecule has 12 nitrogen and oxygen atoms in total. The minimum Gasteiger partial charge on any atom is -0.497 e. The van der Waals surface area contributed by atoms with Gasteiger partial charge in [-0.25, -0.2) is 0 Å². The van der Waals surface area contributed by atoms with Crippen LogP contribution in [0.5, 0.6) is 5.75 Å². The summed E-state index contributed by atoms with van der Waals surface area (Å²) >= 11 is 0. The first kappa shape index (κ1) is 18.4. The number of hydrogen-bond acceptors (Lipinski definition) is 9. The molecule has 0 atom stereocenters. The maximum absolute atomic E-state index is 10.4. The van der Waals surface area contributed by atoms with Crippen LogP contribution < -0.4 is 0 Å². The van der Waals surface area contributed by atoms with Gasteiger partial charge >= 0.3 is 11.4 Å². The fourth-order valence-corrected chi connectivity index (χ4v) is 1.46. The Morgan fingerprint density at radius 3 is 1.67 bits per heavy atom. The zero-order valence-electron chi connectivity index (χ0n) is 11.8. The Morgan fingerprint density at radius 1 is 0.917 bits per heavy atom. The van der Waals surface area contributed by atoms with E-state index in [9.17, 15) is 30.3 Å². The first-order valence-corrected chi connectivity index (χ1v) is 6.07. The summed E-state index contributed by atoms with van der Waals surface area (Å²) < 4.78 is 0. The Balaban J connectivity index is 0.000000300. The molecule has 12 heteroatoms. The van der Waals surface area contributed by atoms with Crippen LogP contribution in [0.4, 0.5) is 17.1 Å². The van der Waals surface area contributed by atoms with Gasteiger partial charge in [-0.3, -0.25) is 35.3 Å². The van der Waals surface area contributed by atoms with E-state index in [0.29, 0.717) is 12.1 Å². The first-order valence-electron chi connectivity index (χ1n) is 6.07. The van der Waals surface area contributed by atoms with E-state index in [1.54, 1.807) is 24.5 Å². The molecule has 0 aliphatic carbocycles. The highest BCUT2D eigenvalue weighted by atomic mass is 16.6. The molecule has 0 spiro atoms. The maximum Gasteiger partial charge on any atom is 0.324 e. The van der Waals surface area contributed by atoms with Gasteiger partial charge in [0.1, 0.15) is 0 Å². The Kier molecular flexibility index (Phi) is 6.20. The van der Waals surface area contributed by atoms with Gasteiger partial charge in [0, 0.05) is 12.4 Å². The average molecular weight is 338 g/mol. The van der Waals surface area contributed by atoms with Gasteiger partial charge in [-0.1, -0.05) is 0 Å². The van der Waals surface area contributed by atoms with Gasteiger partial charge < -0.3 is 10.2 Å². The molecule has 0 fully saturated rings. The number of non-ortho nitro benzene ring substituents is 1. The number of hydrogen-bond donors (Lipinski definition) is 2. The predicted octanol–water partition coefficient (Wildman–Crippen LogP) is 1.69. The Bertz CT molecular complexity index is 730.